The summed E-state index contributed by atoms with van der Waals surface area (Å²) in [5.41, 5.74) is 6.78. The van der Waals surface area contributed by atoms with Crippen molar-refractivity contribution in [2.24, 2.45) is 5.73 Å². The Hall–Kier alpha value is -2.33. The maximum absolute atomic E-state index is 12.7. The number of halogens is 1. The summed E-state index contributed by atoms with van der Waals surface area (Å²) in [5.74, 6) is -0.557. The maximum Gasteiger partial charge on any atom is 0.248 e. The minimum Gasteiger partial charge on any atom is -0.366 e. The van der Waals surface area contributed by atoms with Crippen molar-refractivity contribution >= 4 is 23.4 Å². The number of amides is 2. The normalized spacial score (nSPS) is 12.5. The van der Waals surface area contributed by atoms with Gasteiger partial charge in [-0.3, -0.25) is 9.59 Å². The predicted octanol–water partition coefficient (Wildman–Crippen LogP) is 3.59. The van der Waals surface area contributed by atoms with Gasteiger partial charge in [0.15, 0.2) is 0 Å². The largest absolute Gasteiger partial charge is 0.366 e. The van der Waals surface area contributed by atoms with E-state index in [9.17, 15) is 9.59 Å². The Balaban J connectivity index is 2.12. The molecule has 0 radical (unpaired) electrons. The molecule has 24 heavy (non-hydrogen) atoms. The van der Waals surface area contributed by atoms with Gasteiger partial charge < -0.3 is 11.1 Å². The summed E-state index contributed by atoms with van der Waals surface area (Å²) in [5, 5.41) is 3.65. The number of carbonyl (C=O) groups excluding carboxylic acids is 2. The Morgan fingerprint density at radius 2 is 1.58 bits per heavy atom. The minimum absolute atomic E-state index is 0.0868. The highest BCUT2D eigenvalue weighted by Crippen LogP contribution is 2.26. The molecule has 0 fully saturated rings. The van der Waals surface area contributed by atoms with Gasteiger partial charge >= 0.3 is 0 Å². The lowest BCUT2D eigenvalue weighted by molar-refractivity contribution is -0.126. The van der Waals surface area contributed by atoms with E-state index in [0.717, 1.165) is 11.1 Å². The maximum atomic E-state index is 12.7. The van der Waals surface area contributed by atoms with E-state index in [4.69, 9.17) is 17.3 Å². The summed E-state index contributed by atoms with van der Waals surface area (Å²) < 4.78 is 0. The van der Waals surface area contributed by atoms with E-state index in [2.05, 4.69) is 5.32 Å². The van der Waals surface area contributed by atoms with Crippen LogP contribution in [0.15, 0.2) is 48.5 Å². The van der Waals surface area contributed by atoms with Gasteiger partial charge in [-0.25, -0.2) is 0 Å². The summed E-state index contributed by atoms with van der Waals surface area (Å²) in [7, 11) is 0. The van der Waals surface area contributed by atoms with Gasteiger partial charge in [0, 0.05) is 10.6 Å². The van der Waals surface area contributed by atoms with Gasteiger partial charge in [-0.1, -0.05) is 35.9 Å². The summed E-state index contributed by atoms with van der Waals surface area (Å²) in [6.45, 7) is 5.64. The molecule has 1 atom stereocenters. The van der Waals surface area contributed by atoms with Gasteiger partial charge in [0.05, 0.1) is 11.5 Å². The standard InChI is InChI=1S/C19H21ClN2O2/c1-12(13-4-6-14(7-5-13)17(21)23)22-18(24)19(2,3)15-8-10-16(20)11-9-15/h4-12H,1-3H3,(H2,21,23)(H,22,24). The average Bonchev–Trinajstić information content (AvgIpc) is 2.55. The van der Waals surface area contributed by atoms with Gasteiger partial charge in [-0.2, -0.15) is 0 Å². The van der Waals surface area contributed by atoms with Crippen LogP contribution in [0.1, 0.15) is 48.3 Å². The van der Waals surface area contributed by atoms with E-state index in [1.807, 2.05) is 32.9 Å². The smallest absolute Gasteiger partial charge is 0.248 e. The lowest BCUT2D eigenvalue weighted by Gasteiger charge is -2.27. The molecule has 0 aliphatic heterocycles. The fraction of sp³-hybridized carbons (Fsp3) is 0.263. The fourth-order valence-corrected chi connectivity index (χ4v) is 2.52. The summed E-state index contributed by atoms with van der Waals surface area (Å²) in [4.78, 5) is 23.8. The predicted molar refractivity (Wildman–Crippen MR) is 96.0 cm³/mol. The van der Waals surface area contributed by atoms with Crippen molar-refractivity contribution in [1.82, 2.24) is 5.32 Å². The molecule has 2 aromatic carbocycles. The van der Waals surface area contributed by atoms with Crippen LogP contribution in [-0.2, 0) is 10.2 Å². The van der Waals surface area contributed by atoms with Crippen molar-refractivity contribution in [2.45, 2.75) is 32.2 Å². The first-order valence-corrected chi connectivity index (χ1v) is 8.06. The molecule has 2 aromatic rings. The first-order valence-electron chi connectivity index (χ1n) is 7.68. The fourth-order valence-electron chi connectivity index (χ4n) is 2.39. The molecule has 126 valence electrons. The van der Waals surface area contributed by atoms with Crippen molar-refractivity contribution in [3.8, 4) is 0 Å². The highest BCUT2D eigenvalue weighted by Gasteiger charge is 2.30. The molecule has 0 aliphatic rings. The minimum atomic E-state index is -0.688. The van der Waals surface area contributed by atoms with E-state index in [1.165, 1.54) is 0 Å². The summed E-state index contributed by atoms with van der Waals surface area (Å²) in [6.07, 6.45) is 0. The van der Waals surface area contributed by atoms with Gasteiger partial charge in [0.2, 0.25) is 11.8 Å². The molecule has 0 aromatic heterocycles. The van der Waals surface area contributed by atoms with Gasteiger partial charge in [-0.05, 0) is 56.2 Å². The first kappa shape index (κ1) is 18.0. The molecule has 0 saturated heterocycles. The summed E-state index contributed by atoms with van der Waals surface area (Å²) >= 11 is 5.91. The molecular weight excluding hydrogens is 324 g/mol. The van der Waals surface area contributed by atoms with Crippen LogP contribution >= 0.6 is 11.6 Å². The third-order valence-electron chi connectivity index (χ3n) is 4.18. The molecule has 4 nitrogen and oxygen atoms in total. The Morgan fingerprint density at radius 3 is 2.08 bits per heavy atom. The molecule has 2 rings (SSSR count). The number of hydrogen-bond acceptors (Lipinski definition) is 2. The number of carbonyl (C=O) groups is 2. The van der Waals surface area contributed by atoms with Crippen LogP contribution in [0.5, 0.6) is 0 Å². The Bertz CT molecular complexity index is 737. The number of hydrogen-bond donors (Lipinski definition) is 2. The van der Waals surface area contributed by atoms with Crippen LogP contribution in [0.4, 0.5) is 0 Å². The zero-order chi connectivity index (χ0) is 17.9. The quantitative estimate of drug-likeness (QED) is 0.869. The molecule has 0 bridgehead atoms. The molecule has 0 spiro atoms. The van der Waals surface area contributed by atoms with E-state index in [1.54, 1.807) is 36.4 Å². The van der Waals surface area contributed by atoms with Crippen LogP contribution < -0.4 is 11.1 Å². The molecule has 0 saturated carbocycles. The third kappa shape index (κ3) is 3.95. The topological polar surface area (TPSA) is 72.2 Å². The van der Waals surface area contributed by atoms with E-state index in [-0.39, 0.29) is 11.9 Å². The Labute approximate surface area is 147 Å². The Kier molecular flexibility index (Phi) is 5.30. The first-order chi connectivity index (χ1) is 11.2. The third-order valence-corrected chi connectivity index (χ3v) is 4.43. The molecule has 5 heteroatoms. The average molecular weight is 345 g/mol. The lowest BCUT2D eigenvalue weighted by atomic mass is 9.83. The van der Waals surface area contributed by atoms with Crippen molar-refractivity contribution < 1.29 is 9.59 Å². The molecule has 2 amide bonds. The number of nitrogens with one attached hydrogen (secondary N) is 1. The van der Waals surface area contributed by atoms with Crippen molar-refractivity contribution in [2.75, 3.05) is 0 Å². The monoisotopic (exact) mass is 344 g/mol. The number of nitrogens with two attached hydrogens (primary N) is 1. The van der Waals surface area contributed by atoms with E-state index < -0.39 is 11.3 Å². The molecule has 0 heterocycles. The van der Waals surface area contributed by atoms with E-state index >= 15 is 0 Å². The van der Waals surface area contributed by atoms with Gasteiger partial charge in [-0.15, -0.1) is 0 Å². The van der Waals surface area contributed by atoms with Crippen molar-refractivity contribution in [3.05, 3.63) is 70.2 Å². The highest BCUT2D eigenvalue weighted by molar-refractivity contribution is 6.30. The molecule has 1 unspecified atom stereocenters. The zero-order valence-electron chi connectivity index (χ0n) is 14.0. The SMILES string of the molecule is CC(NC(=O)C(C)(C)c1ccc(Cl)cc1)c1ccc(C(N)=O)cc1. The lowest BCUT2D eigenvalue weighted by Crippen LogP contribution is -2.41. The van der Waals surface area contributed by atoms with E-state index in [0.29, 0.717) is 10.6 Å². The van der Waals surface area contributed by atoms with Gasteiger partial charge in [0.1, 0.15) is 0 Å². The summed E-state index contributed by atoms with van der Waals surface area (Å²) in [6, 6.07) is 14.0. The second-order valence-electron chi connectivity index (χ2n) is 6.31. The van der Waals surface area contributed by atoms with Crippen LogP contribution in [0, 0.1) is 0 Å². The van der Waals surface area contributed by atoms with Crippen LogP contribution in [-0.4, -0.2) is 11.8 Å². The second-order valence-corrected chi connectivity index (χ2v) is 6.75. The van der Waals surface area contributed by atoms with Crippen molar-refractivity contribution in [3.63, 3.8) is 0 Å². The Morgan fingerprint density at radius 1 is 1.04 bits per heavy atom. The highest BCUT2D eigenvalue weighted by atomic mass is 35.5. The van der Waals surface area contributed by atoms with Crippen molar-refractivity contribution in [1.29, 1.82) is 0 Å². The number of benzene rings is 2. The molecular formula is C19H21ClN2O2. The zero-order valence-corrected chi connectivity index (χ0v) is 14.7. The molecule has 3 N–H and O–H groups in total. The number of rotatable bonds is 5. The van der Waals surface area contributed by atoms with Crippen LogP contribution in [0.3, 0.4) is 0 Å². The molecule has 0 aliphatic carbocycles. The van der Waals surface area contributed by atoms with Crippen LogP contribution in [0.2, 0.25) is 5.02 Å². The number of primary amides is 1. The van der Waals surface area contributed by atoms with Gasteiger partial charge in [0.25, 0.3) is 0 Å². The van der Waals surface area contributed by atoms with Crippen LogP contribution in [0.25, 0.3) is 0 Å². The second kappa shape index (κ2) is 7.05.